The van der Waals surface area contributed by atoms with Gasteiger partial charge in [-0.15, -0.1) is 0 Å². The lowest BCUT2D eigenvalue weighted by Crippen LogP contribution is -2.19. The van der Waals surface area contributed by atoms with Crippen LogP contribution in [-0.4, -0.2) is 24.2 Å². The van der Waals surface area contributed by atoms with Gasteiger partial charge in [0.25, 0.3) is 0 Å². The van der Waals surface area contributed by atoms with Crippen LogP contribution in [0.3, 0.4) is 0 Å². The molecule has 108 valence electrons. The largest absolute Gasteiger partial charge is 0.489 e. The maximum atomic E-state index is 6.01. The van der Waals surface area contributed by atoms with Gasteiger partial charge in [0.05, 0.1) is 11.8 Å². The highest BCUT2D eigenvalue weighted by molar-refractivity contribution is 5.29. The molecular formula is C16H28N2O. The number of rotatable bonds is 9. The second-order valence-electron chi connectivity index (χ2n) is 5.07. The molecular weight excluding hydrogens is 236 g/mol. The molecule has 1 aromatic heterocycles. The second kappa shape index (κ2) is 8.92. The third kappa shape index (κ3) is 6.06. The summed E-state index contributed by atoms with van der Waals surface area (Å²) in [5.41, 5.74) is 2.12. The van der Waals surface area contributed by atoms with Crippen LogP contribution in [0, 0.1) is 6.92 Å². The normalized spacial score (nSPS) is 12.4. The molecule has 0 saturated heterocycles. The molecule has 0 radical (unpaired) electrons. The van der Waals surface area contributed by atoms with Crippen LogP contribution >= 0.6 is 0 Å². The van der Waals surface area contributed by atoms with Crippen molar-refractivity contribution in [2.24, 2.45) is 0 Å². The summed E-state index contributed by atoms with van der Waals surface area (Å²) in [5.74, 6) is 0.946. The Labute approximate surface area is 117 Å². The fourth-order valence-electron chi connectivity index (χ4n) is 2.05. The molecule has 3 heteroatoms. The van der Waals surface area contributed by atoms with Gasteiger partial charge in [-0.1, -0.05) is 13.8 Å². The van der Waals surface area contributed by atoms with Crippen molar-refractivity contribution in [3.8, 4) is 5.75 Å². The van der Waals surface area contributed by atoms with E-state index in [1.807, 2.05) is 19.1 Å². The Morgan fingerprint density at radius 2 is 2.05 bits per heavy atom. The van der Waals surface area contributed by atoms with Crippen molar-refractivity contribution >= 4 is 0 Å². The molecule has 1 heterocycles. The first-order chi connectivity index (χ1) is 9.17. The molecule has 3 nitrogen and oxygen atoms in total. The number of hydrogen-bond donors (Lipinski definition) is 1. The van der Waals surface area contributed by atoms with Gasteiger partial charge in [-0.05, 0) is 64.8 Å². The van der Waals surface area contributed by atoms with Crippen LogP contribution in [-0.2, 0) is 6.42 Å². The van der Waals surface area contributed by atoms with Crippen molar-refractivity contribution in [3.05, 3.63) is 23.5 Å². The van der Waals surface area contributed by atoms with Crippen LogP contribution in [0.4, 0.5) is 0 Å². The molecule has 0 spiro atoms. The quantitative estimate of drug-likeness (QED) is 0.693. The van der Waals surface area contributed by atoms with Crippen LogP contribution in [0.2, 0.25) is 0 Å². The Bertz CT molecular complexity index is 366. The Hall–Kier alpha value is -1.09. The zero-order valence-corrected chi connectivity index (χ0v) is 12.8. The van der Waals surface area contributed by atoms with Gasteiger partial charge in [-0.2, -0.15) is 0 Å². The van der Waals surface area contributed by atoms with Crippen molar-refractivity contribution in [3.63, 3.8) is 0 Å². The predicted octanol–water partition coefficient (Wildman–Crippen LogP) is 3.50. The van der Waals surface area contributed by atoms with E-state index < -0.39 is 0 Å². The van der Waals surface area contributed by atoms with Gasteiger partial charge in [0.15, 0.2) is 0 Å². The minimum Gasteiger partial charge on any atom is -0.489 e. The van der Waals surface area contributed by atoms with E-state index in [1.54, 1.807) is 0 Å². The van der Waals surface area contributed by atoms with Crippen molar-refractivity contribution in [2.75, 3.05) is 13.1 Å². The van der Waals surface area contributed by atoms with E-state index in [4.69, 9.17) is 4.74 Å². The summed E-state index contributed by atoms with van der Waals surface area (Å²) in [5, 5.41) is 3.42. The fourth-order valence-corrected chi connectivity index (χ4v) is 2.05. The van der Waals surface area contributed by atoms with Gasteiger partial charge < -0.3 is 10.1 Å². The van der Waals surface area contributed by atoms with E-state index in [0.29, 0.717) is 0 Å². The molecule has 1 aromatic rings. The molecule has 19 heavy (non-hydrogen) atoms. The lowest BCUT2D eigenvalue weighted by atomic mass is 10.2. The highest BCUT2D eigenvalue weighted by Gasteiger charge is 2.08. The Balaban J connectivity index is 2.37. The SMILES string of the molecule is CCCNCCCC(C)Oc1ccc(C)nc1CC. The number of ether oxygens (including phenoxy) is 1. The van der Waals surface area contributed by atoms with Gasteiger partial charge in [0.2, 0.25) is 0 Å². The van der Waals surface area contributed by atoms with Gasteiger partial charge in [0.1, 0.15) is 5.75 Å². The highest BCUT2D eigenvalue weighted by atomic mass is 16.5. The number of nitrogens with one attached hydrogen (secondary N) is 1. The van der Waals surface area contributed by atoms with E-state index in [0.717, 1.165) is 49.5 Å². The molecule has 1 atom stereocenters. The zero-order chi connectivity index (χ0) is 14.1. The van der Waals surface area contributed by atoms with Crippen LogP contribution in [0.5, 0.6) is 5.75 Å². The predicted molar refractivity (Wildman–Crippen MR) is 80.8 cm³/mol. The monoisotopic (exact) mass is 264 g/mol. The third-order valence-electron chi connectivity index (χ3n) is 3.13. The molecule has 0 amide bonds. The van der Waals surface area contributed by atoms with E-state index in [9.17, 15) is 0 Å². The molecule has 0 fully saturated rings. The summed E-state index contributed by atoms with van der Waals surface area (Å²) in [4.78, 5) is 4.53. The molecule has 1 unspecified atom stereocenters. The van der Waals surface area contributed by atoms with E-state index >= 15 is 0 Å². The van der Waals surface area contributed by atoms with Crippen molar-refractivity contribution in [1.82, 2.24) is 10.3 Å². The summed E-state index contributed by atoms with van der Waals surface area (Å²) in [7, 11) is 0. The molecule has 1 rings (SSSR count). The van der Waals surface area contributed by atoms with Gasteiger partial charge in [-0.3, -0.25) is 4.98 Å². The second-order valence-corrected chi connectivity index (χ2v) is 5.07. The molecule has 0 aliphatic carbocycles. The topological polar surface area (TPSA) is 34.1 Å². The summed E-state index contributed by atoms with van der Waals surface area (Å²) in [6, 6.07) is 4.07. The minimum absolute atomic E-state index is 0.248. The number of hydrogen-bond acceptors (Lipinski definition) is 3. The average molecular weight is 264 g/mol. The fraction of sp³-hybridized carbons (Fsp3) is 0.688. The number of nitrogens with zero attached hydrogens (tertiary/aromatic N) is 1. The summed E-state index contributed by atoms with van der Waals surface area (Å²) >= 11 is 0. The van der Waals surface area contributed by atoms with E-state index in [2.05, 4.69) is 31.1 Å². The van der Waals surface area contributed by atoms with Crippen LogP contribution in [0.25, 0.3) is 0 Å². The zero-order valence-electron chi connectivity index (χ0n) is 12.8. The highest BCUT2D eigenvalue weighted by Crippen LogP contribution is 2.20. The number of pyridine rings is 1. The van der Waals surface area contributed by atoms with Gasteiger partial charge in [0, 0.05) is 5.69 Å². The lowest BCUT2D eigenvalue weighted by molar-refractivity contribution is 0.204. The molecule has 0 aromatic carbocycles. The lowest BCUT2D eigenvalue weighted by Gasteiger charge is -2.17. The summed E-state index contributed by atoms with van der Waals surface area (Å²) in [6.45, 7) is 10.7. The number of aryl methyl sites for hydroxylation is 2. The van der Waals surface area contributed by atoms with E-state index in [-0.39, 0.29) is 6.10 Å². The van der Waals surface area contributed by atoms with Crippen molar-refractivity contribution in [2.45, 2.75) is 59.5 Å². The summed E-state index contributed by atoms with van der Waals surface area (Å²) < 4.78 is 6.01. The molecule has 0 aliphatic heterocycles. The average Bonchev–Trinajstić information content (AvgIpc) is 2.40. The maximum absolute atomic E-state index is 6.01. The van der Waals surface area contributed by atoms with Gasteiger partial charge >= 0.3 is 0 Å². The molecule has 0 aliphatic rings. The smallest absolute Gasteiger partial charge is 0.141 e. The van der Waals surface area contributed by atoms with Crippen molar-refractivity contribution < 1.29 is 4.74 Å². The third-order valence-corrected chi connectivity index (χ3v) is 3.13. The molecule has 0 bridgehead atoms. The van der Waals surface area contributed by atoms with Crippen LogP contribution in [0.1, 0.15) is 51.4 Å². The minimum atomic E-state index is 0.248. The Kier molecular flexibility index (Phi) is 7.49. The standard InChI is InChI=1S/C16H28N2O/c1-5-11-17-12-7-8-14(4)19-16-10-9-13(3)18-15(16)6-2/h9-10,14,17H,5-8,11-12H2,1-4H3. The first-order valence-electron chi connectivity index (χ1n) is 7.51. The Morgan fingerprint density at radius 3 is 2.74 bits per heavy atom. The Morgan fingerprint density at radius 1 is 1.26 bits per heavy atom. The van der Waals surface area contributed by atoms with E-state index in [1.165, 1.54) is 6.42 Å². The van der Waals surface area contributed by atoms with Crippen molar-refractivity contribution in [1.29, 1.82) is 0 Å². The summed E-state index contributed by atoms with van der Waals surface area (Å²) in [6.07, 6.45) is 4.59. The molecule has 0 saturated carbocycles. The number of aromatic nitrogens is 1. The van der Waals surface area contributed by atoms with Crippen LogP contribution < -0.4 is 10.1 Å². The first-order valence-corrected chi connectivity index (χ1v) is 7.51. The molecule has 1 N–H and O–H groups in total. The van der Waals surface area contributed by atoms with Crippen LogP contribution in [0.15, 0.2) is 12.1 Å². The first kappa shape index (κ1) is 16.0. The van der Waals surface area contributed by atoms with Gasteiger partial charge in [-0.25, -0.2) is 0 Å². The maximum Gasteiger partial charge on any atom is 0.141 e.